The first-order valence-electron chi connectivity index (χ1n) is 7.31. The molecular formula is C15H22N4O2S. The van der Waals surface area contributed by atoms with Gasteiger partial charge in [-0.05, 0) is 24.6 Å². The van der Waals surface area contributed by atoms with Crippen LogP contribution in [0.2, 0.25) is 0 Å². The van der Waals surface area contributed by atoms with Crippen LogP contribution in [-0.2, 0) is 4.79 Å². The summed E-state index contributed by atoms with van der Waals surface area (Å²) in [4.78, 5) is 22.8. The Morgan fingerprint density at radius 2 is 2.14 bits per heavy atom. The Morgan fingerprint density at radius 3 is 2.73 bits per heavy atom. The van der Waals surface area contributed by atoms with Gasteiger partial charge in [0.2, 0.25) is 5.91 Å². The molecule has 3 amide bonds. The number of carbonyl (C=O) groups excluding carboxylic acids is 2. The Labute approximate surface area is 134 Å². The van der Waals surface area contributed by atoms with E-state index in [2.05, 4.69) is 16.0 Å². The van der Waals surface area contributed by atoms with Gasteiger partial charge < -0.3 is 21.7 Å². The molecule has 0 bridgehead atoms. The molecule has 2 atom stereocenters. The zero-order chi connectivity index (χ0) is 15.9. The van der Waals surface area contributed by atoms with Crippen molar-refractivity contribution >= 4 is 29.4 Å². The van der Waals surface area contributed by atoms with Gasteiger partial charge >= 0.3 is 6.03 Å². The number of nitrogens with one attached hydrogen (secondary N) is 3. The highest BCUT2D eigenvalue weighted by molar-refractivity contribution is 7.99. The van der Waals surface area contributed by atoms with Crippen LogP contribution in [0.4, 0.5) is 10.5 Å². The Morgan fingerprint density at radius 1 is 1.41 bits per heavy atom. The van der Waals surface area contributed by atoms with Crippen molar-refractivity contribution in [1.82, 2.24) is 10.6 Å². The summed E-state index contributed by atoms with van der Waals surface area (Å²) in [6.45, 7) is 2.91. The molecule has 1 aromatic rings. The number of anilines is 1. The minimum atomic E-state index is -0.591. The lowest BCUT2D eigenvalue weighted by atomic mass is 10.1. The van der Waals surface area contributed by atoms with Crippen molar-refractivity contribution in [2.45, 2.75) is 25.4 Å². The van der Waals surface area contributed by atoms with Gasteiger partial charge in [-0.3, -0.25) is 4.79 Å². The molecule has 6 nitrogen and oxygen atoms in total. The number of urea groups is 1. The first-order chi connectivity index (χ1) is 10.5. The molecule has 0 aliphatic carbocycles. The molecule has 5 N–H and O–H groups in total. The van der Waals surface area contributed by atoms with Crippen molar-refractivity contribution in [3.8, 4) is 0 Å². The first-order valence-corrected chi connectivity index (χ1v) is 8.47. The summed E-state index contributed by atoms with van der Waals surface area (Å²) in [5, 5.41) is 8.87. The van der Waals surface area contributed by atoms with Gasteiger partial charge in [-0.15, -0.1) is 0 Å². The summed E-state index contributed by atoms with van der Waals surface area (Å²) in [5.41, 5.74) is 6.68. The standard InChI is InChI=1S/C15H22N4O2S/c1-10(11-2-4-12(5-3-11)19-15(16)21)18-14(20)8-13-9-22-7-6-17-13/h2-5,10,13,17H,6-9H2,1H3,(H,18,20)(H3,16,19,21). The predicted octanol–water partition coefficient (Wildman–Crippen LogP) is 1.45. The summed E-state index contributed by atoms with van der Waals surface area (Å²) < 4.78 is 0. The number of nitrogens with two attached hydrogens (primary N) is 1. The molecule has 0 spiro atoms. The molecule has 0 saturated carbocycles. The van der Waals surface area contributed by atoms with Crippen molar-refractivity contribution in [3.05, 3.63) is 29.8 Å². The van der Waals surface area contributed by atoms with E-state index in [0.717, 1.165) is 23.6 Å². The van der Waals surface area contributed by atoms with Crippen LogP contribution in [0.1, 0.15) is 24.9 Å². The summed E-state index contributed by atoms with van der Waals surface area (Å²) >= 11 is 1.88. The van der Waals surface area contributed by atoms with Crippen molar-refractivity contribution < 1.29 is 9.59 Å². The average molecular weight is 322 g/mol. The van der Waals surface area contributed by atoms with E-state index in [4.69, 9.17) is 5.73 Å². The zero-order valence-corrected chi connectivity index (χ0v) is 13.4. The maximum atomic E-state index is 12.1. The highest BCUT2D eigenvalue weighted by Gasteiger charge is 2.18. The zero-order valence-electron chi connectivity index (χ0n) is 12.6. The van der Waals surface area contributed by atoms with E-state index < -0.39 is 6.03 Å². The minimum Gasteiger partial charge on any atom is -0.351 e. The third kappa shape index (κ3) is 5.23. The van der Waals surface area contributed by atoms with E-state index in [0.29, 0.717) is 12.1 Å². The van der Waals surface area contributed by atoms with E-state index in [1.165, 1.54) is 0 Å². The van der Waals surface area contributed by atoms with Crippen LogP contribution in [0.25, 0.3) is 0 Å². The molecule has 1 fully saturated rings. The van der Waals surface area contributed by atoms with Crippen LogP contribution >= 0.6 is 11.8 Å². The van der Waals surface area contributed by atoms with Gasteiger partial charge in [0.05, 0.1) is 6.04 Å². The summed E-state index contributed by atoms with van der Waals surface area (Å²) in [6, 6.07) is 6.85. The number of hydrogen-bond donors (Lipinski definition) is 4. The fourth-order valence-corrected chi connectivity index (χ4v) is 3.30. The number of hydrogen-bond acceptors (Lipinski definition) is 4. The lowest BCUT2D eigenvalue weighted by molar-refractivity contribution is -0.122. The van der Waals surface area contributed by atoms with E-state index in [-0.39, 0.29) is 18.0 Å². The van der Waals surface area contributed by atoms with Gasteiger partial charge in [-0.2, -0.15) is 11.8 Å². The van der Waals surface area contributed by atoms with Gasteiger partial charge in [0.1, 0.15) is 0 Å². The van der Waals surface area contributed by atoms with Crippen LogP contribution in [-0.4, -0.2) is 36.0 Å². The van der Waals surface area contributed by atoms with Crippen LogP contribution in [0, 0.1) is 0 Å². The van der Waals surface area contributed by atoms with Gasteiger partial charge in [0.15, 0.2) is 0 Å². The molecule has 1 aliphatic heterocycles. The second kappa shape index (κ2) is 8.05. The maximum absolute atomic E-state index is 12.1. The molecular weight excluding hydrogens is 300 g/mol. The van der Waals surface area contributed by atoms with Gasteiger partial charge in [0, 0.05) is 36.2 Å². The third-order valence-corrected chi connectivity index (χ3v) is 4.62. The summed E-state index contributed by atoms with van der Waals surface area (Å²) in [6.07, 6.45) is 0.499. The summed E-state index contributed by atoms with van der Waals surface area (Å²) in [7, 11) is 0. The molecule has 1 heterocycles. The molecule has 7 heteroatoms. The maximum Gasteiger partial charge on any atom is 0.316 e. The molecule has 0 aromatic heterocycles. The number of primary amides is 1. The Bertz CT molecular complexity index is 515. The molecule has 1 saturated heterocycles. The Kier molecular flexibility index (Phi) is 6.09. The Balaban J connectivity index is 1.83. The fraction of sp³-hybridized carbons (Fsp3) is 0.467. The van der Waals surface area contributed by atoms with E-state index in [1.54, 1.807) is 12.1 Å². The van der Waals surface area contributed by atoms with Crippen molar-refractivity contribution in [1.29, 1.82) is 0 Å². The molecule has 2 unspecified atom stereocenters. The van der Waals surface area contributed by atoms with Crippen molar-refractivity contribution in [2.24, 2.45) is 5.73 Å². The van der Waals surface area contributed by atoms with Gasteiger partial charge in [-0.1, -0.05) is 12.1 Å². The van der Waals surface area contributed by atoms with Crippen LogP contribution < -0.4 is 21.7 Å². The smallest absolute Gasteiger partial charge is 0.316 e. The SMILES string of the molecule is CC(NC(=O)CC1CSCCN1)c1ccc(NC(N)=O)cc1. The van der Waals surface area contributed by atoms with E-state index in [1.807, 2.05) is 30.8 Å². The molecule has 120 valence electrons. The number of rotatable bonds is 5. The topological polar surface area (TPSA) is 96.2 Å². The normalized spacial score (nSPS) is 19.2. The second-order valence-corrected chi connectivity index (χ2v) is 6.48. The molecule has 1 aromatic carbocycles. The minimum absolute atomic E-state index is 0.0480. The lowest BCUT2D eigenvalue weighted by Gasteiger charge is -2.23. The number of benzene rings is 1. The average Bonchev–Trinajstić information content (AvgIpc) is 2.48. The number of amides is 3. The van der Waals surface area contributed by atoms with Crippen LogP contribution in [0.5, 0.6) is 0 Å². The first kappa shape index (κ1) is 16.6. The monoisotopic (exact) mass is 322 g/mol. The van der Waals surface area contributed by atoms with Crippen LogP contribution in [0.3, 0.4) is 0 Å². The largest absolute Gasteiger partial charge is 0.351 e. The quantitative estimate of drug-likeness (QED) is 0.660. The van der Waals surface area contributed by atoms with Gasteiger partial charge in [-0.25, -0.2) is 4.79 Å². The summed E-state index contributed by atoms with van der Waals surface area (Å²) in [5.74, 6) is 2.14. The van der Waals surface area contributed by atoms with Crippen molar-refractivity contribution in [2.75, 3.05) is 23.4 Å². The van der Waals surface area contributed by atoms with Crippen LogP contribution in [0.15, 0.2) is 24.3 Å². The fourth-order valence-electron chi connectivity index (χ4n) is 2.36. The number of thioether (sulfide) groups is 1. The number of carbonyl (C=O) groups is 2. The Hall–Kier alpha value is -1.73. The highest BCUT2D eigenvalue weighted by atomic mass is 32.2. The highest BCUT2D eigenvalue weighted by Crippen LogP contribution is 2.17. The molecule has 0 radical (unpaired) electrons. The van der Waals surface area contributed by atoms with Crippen molar-refractivity contribution in [3.63, 3.8) is 0 Å². The predicted molar refractivity (Wildman–Crippen MR) is 89.9 cm³/mol. The second-order valence-electron chi connectivity index (χ2n) is 5.33. The molecule has 2 rings (SSSR count). The molecule has 1 aliphatic rings. The van der Waals surface area contributed by atoms with Gasteiger partial charge in [0.25, 0.3) is 0 Å². The van der Waals surface area contributed by atoms with E-state index in [9.17, 15) is 9.59 Å². The lowest BCUT2D eigenvalue weighted by Crippen LogP contribution is -2.41. The van der Waals surface area contributed by atoms with E-state index >= 15 is 0 Å². The molecule has 22 heavy (non-hydrogen) atoms. The third-order valence-electron chi connectivity index (χ3n) is 3.49.